The first-order valence-electron chi connectivity index (χ1n) is 9.25. The number of nitro benzene ring substituents is 1. The van der Waals surface area contributed by atoms with Crippen molar-refractivity contribution in [2.45, 2.75) is 38.6 Å². The molecule has 0 saturated heterocycles. The van der Waals surface area contributed by atoms with Crippen LogP contribution in [0.3, 0.4) is 0 Å². The molecule has 0 spiro atoms. The van der Waals surface area contributed by atoms with E-state index in [1.807, 2.05) is 0 Å². The van der Waals surface area contributed by atoms with Gasteiger partial charge in [-0.3, -0.25) is 14.9 Å². The van der Waals surface area contributed by atoms with Gasteiger partial charge >= 0.3 is 5.97 Å². The number of nitrogens with zero attached hydrogens (tertiary/aromatic N) is 1. The minimum absolute atomic E-state index is 0.0340. The highest BCUT2D eigenvalue weighted by Crippen LogP contribution is 2.25. The van der Waals surface area contributed by atoms with Crippen molar-refractivity contribution in [2.24, 2.45) is 5.92 Å². The Balaban J connectivity index is 1.53. The van der Waals surface area contributed by atoms with E-state index in [1.54, 1.807) is 6.07 Å². The Kier molecular flexibility index (Phi) is 6.08. The fourth-order valence-electron chi connectivity index (χ4n) is 3.33. The van der Waals surface area contributed by atoms with Crippen molar-refractivity contribution in [1.29, 1.82) is 0 Å². The lowest BCUT2D eigenvalue weighted by Crippen LogP contribution is -2.42. The third-order valence-corrected chi connectivity index (χ3v) is 4.96. The van der Waals surface area contributed by atoms with Crippen LogP contribution in [0.2, 0.25) is 0 Å². The van der Waals surface area contributed by atoms with Crippen molar-refractivity contribution >= 4 is 17.6 Å². The zero-order valence-corrected chi connectivity index (χ0v) is 15.6. The van der Waals surface area contributed by atoms with Crippen molar-refractivity contribution in [2.75, 3.05) is 6.61 Å². The van der Waals surface area contributed by atoms with E-state index in [1.165, 1.54) is 36.8 Å². The van der Waals surface area contributed by atoms with Crippen LogP contribution in [0.5, 0.6) is 0 Å². The minimum Gasteiger partial charge on any atom is -0.450 e. The van der Waals surface area contributed by atoms with Crippen LogP contribution >= 0.6 is 0 Å². The number of non-ortho nitro benzene ring substituents is 1. The zero-order chi connectivity index (χ0) is 20.1. The Labute approximate surface area is 162 Å². The normalized spacial score (nSPS) is 19.0. The SMILES string of the molecule is C[C@H]1CCCC[C@@H]1NC(=O)COC(=O)c1ccc(-c2ccc([N+](=O)[O-])cc2)o1. The van der Waals surface area contributed by atoms with Gasteiger partial charge in [0.15, 0.2) is 6.61 Å². The van der Waals surface area contributed by atoms with Gasteiger partial charge in [0.05, 0.1) is 4.92 Å². The van der Waals surface area contributed by atoms with Crippen LogP contribution in [0.15, 0.2) is 40.8 Å². The van der Waals surface area contributed by atoms with E-state index in [-0.39, 0.29) is 30.0 Å². The topological polar surface area (TPSA) is 112 Å². The van der Waals surface area contributed by atoms with E-state index in [0.29, 0.717) is 17.2 Å². The van der Waals surface area contributed by atoms with Crippen LogP contribution < -0.4 is 5.32 Å². The van der Waals surface area contributed by atoms with Crippen LogP contribution in [0, 0.1) is 16.0 Å². The molecule has 1 aliphatic carbocycles. The summed E-state index contributed by atoms with van der Waals surface area (Å²) in [5.74, 6) is -0.300. The molecule has 0 radical (unpaired) electrons. The van der Waals surface area contributed by atoms with Gasteiger partial charge in [0.2, 0.25) is 5.76 Å². The molecular formula is C20H22N2O6. The highest BCUT2D eigenvalue weighted by atomic mass is 16.6. The lowest BCUT2D eigenvalue weighted by atomic mass is 9.86. The molecule has 8 nitrogen and oxygen atoms in total. The molecule has 1 aromatic carbocycles. The van der Waals surface area contributed by atoms with Crippen LogP contribution in [0.25, 0.3) is 11.3 Å². The number of nitrogens with one attached hydrogen (secondary N) is 1. The Bertz CT molecular complexity index is 858. The summed E-state index contributed by atoms with van der Waals surface area (Å²) in [4.78, 5) is 34.3. The second-order valence-corrected chi connectivity index (χ2v) is 6.98. The van der Waals surface area contributed by atoms with E-state index in [9.17, 15) is 19.7 Å². The monoisotopic (exact) mass is 386 g/mol. The first-order valence-corrected chi connectivity index (χ1v) is 9.25. The number of rotatable bonds is 6. The molecule has 0 unspecified atom stereocenters. The number of carbonyl (C=O) groups excluding carboxylic acids is 2. The molecule has 1 aromatic heterocycles. The first kappa shape index (κ1) is 19.6. The third kappa shape index (κ3) is 4.76. The molecule has 0 aliphatic heterocycles. The standard InChI is InChI=1S/C20H22N2O6/c1-13-4-2-3-5-16(13)21-19(23)12-27-20(24)18-11-10-17(28-18)14-6-8-15(9-7-14)22(25)26/h6-11,13,16H,2-5,12H2,1H3,(H,21,23)/t13-,16-/m0/s1. The van der Waals surface area contributed by atoms with Crippen LogP contribution in [-0.2, 0) is 9.53 Å². The van der Waals surface area contributed by atoms with Crippen LogP contribution in [0.1, 0.15) is 43.2 Å². The molecular weight excluding hydrogens is 364 g/mol. The van der Waals surface area contributed by atoms with E-state index in [2.05, 4.69) is 12.2 Å². The van der Waals surface area contributed by atoms with E-state index in [0.717, 1.165) is 19.3 Å². The predicted molar refractivity (Wildman–Crippen MR) is 101 cm³/mol. The zero-order valence-electron chi connectivity index (χ0n) is 15.6. The number of nitro groups is 1. The predicted octanol–water partition coefficient (Wildman–Crippen LogP) is 3.71. The number of benzene rings is 1. The molecule has 8 heteroatoms. The van der Waals surface area contributed by atoms with Gasteiger partial charge in [-0.2, -0.15) is 0 Å². The number of amides is 1. The molecule has 1 N–H and O–H groups in total. The number of hydrogen-bond acceptors (Lipinski definition) is 6. The maximum Gasteiger partial charge on any atom is 0.374 e. The van der Waals surface area contributed by atoms with Crippen LogP contribution in [-0.4, -0.2) is 29.4 Å². The number of hydrogen-bond donors (Lipinski definition) is 1. The second kappa shape index (κ2) is 8.69. The summed E-state index contributed by atoms with van der Waals surface area (Å²) >= 11 is 0. The Morgan fingerprint density at radius 2 is 1.89 bits per heavy atom. The van der Waals surface area contributed by atoms with Gasteiger partial charge in [0, 0.05) is 23.7 Å². The maximum absolute atomic E-state index is 12.1. The average molecular weight is 386 g/mol. The van der Waals surface area contributed by atoms with Crippen molar-refractivity contribution in [3.63, 3.8) is 0 Å². The Morgan fingerprint density at radius 3 is 2.57 bits per heavy atom. The van der Waals surface area contributed by atoms with E-state index in [4.69, 9.17) is 9.15 Å². The second-order valence-electron chi connectivity index (χ2n) is 6.98. The summed E-state index contributed by atoms with van der Waals surface area (Å²) in [5, 5.41) is 13.6. The molecule has 148 valence electrons. The molecule has 28 heavy (non-hydrogen) atoms. The molecule has 2 atom stereocenters. The van der Waals surface area contributed by atoms with Gasteiger partial charge in [-0.15, -0.1) is 0 Å². The minimum atomic E-state index is -0.736. The Hall–Kier alpha value is -3.16. The first-order chi connectivity index (χ1) is 13.4. The number of furan rings is 1. The average Bonchev–Trinajstić information content (AvgIpc) is 3.18. The van der Waals surface area contributed by atoms with Gasteiger partial charge in [-0.05, 0) is 43.0 Å². The van der Waals surface area contributed by atoms with Crippen LogP contribution in [0.4, 0.5) is 5.69 Å². The third-order valence-electron chi connectivity index (χ3n) is 4.96. The fraction of sp³-hybridized carbons (Fsp3) is 0.400. The van der Waals surface area contributed by atoms with Gasteiger partial charge in [0.25, 0.3) is 11.6 Å². The van der Waals surface area contributed by atoms with Crippen molar-refractivity contribution < 1.29 is 23.7 Å². The summed E-state index contributed by atoms with van der Waals surface area (Å²) in [6, 6.07) is 8.91. The maximum atomic E-state index is 12.1. The highest BCUT2D eigenvalue weighted by Gasteiger charge is 2.23. The van der Waals surface area contributed by atoms with Gasteiger partial charge in [0.1, 0.15) is 5.76 Å². The van der Waals surface area contributed by atoms with E-state index < -0.39 is 10.9 Å². The summed E-state index contributed by atoms with van der Waals surface area (Å²) in [6.07, 6.45) is 4.30. The fourth-order valence-corrected chi connectivity index (χ4v) is 3.33. The van der Waals surface area contributed by atoms with Crippen molar-refractivity contribution in [3.05, 3.63) is 52.3 Å². The molecule has 1 saturated carbocycles. The molecule has 1 aliphatic rings. The van der Waals surface area contributed by atoms with Crippen molar-refractivity contribution in [3.8, 4) is 11.3 Å². The van der Waals surface area contributed by atoms with Gasteiger partial charge in [-0.1, -0.05) is 19.8 Å². The lowest BCUT2D eigenvalue weighted by Gasteiger charge is -2.29. The molecule has 0 bridgehead atoms. The van der Waals surface area contributed by atoms with Gasteiger partial charge < -0.3 is 14.5 Å². The summed E-state index contributed by atoms with van der Waals surface area (Å²) < 4.78 is 10.5. The summed E-state index contributed by atoms with van der Waals surface area (Å²) in [5.41, 5.74) is 0.557. The largest absolute Gasteiger partial charge is 0.450 e. The van der Waals surface area contributed by atoms with E-state index >= 15 is 0 Å². The quantitative estimate of drug-likeness (QED) is 0.460. The Morgan fingerprint density at radius 1 is 1.18 bits per heavy atom. The molecule has 1 fully saturated rings. The molecule has 1 amide bonds. The number of carbonyl (C=O) groups is 2. The van der Waals surface area contributed by atoms with Gasteiger partial charge in [-0.25, -0.2) is 4.79 Å². The van der Waals surface area contributed by atoms with Crippen molar-refractivity contribution in [1.82, 2.24) is 5.32 Å². The lowest BCUT2D eigenvalue weighted by molar-refractivity contribution is -0.384. The molecule has 2 aromatic rings. The molecule has 3 rings (SSSR count). The molecule has 1 heterocycles. The number of ether oxygens (including phenoxy) is 1. The summed E-state index contributed by atoms with van der Waals surface area (Å²) in [6.45, 7) is 1.74. The smallest absolute Gasteiger partial charge is 0.374 e. The number of esters is 1. The summed E-state index contributed by atoms with van der Waals surface area (Å²) in [7, 11) is 0. The highest BCUT2D eigenvalue weighted by molar-refractivity contribution is 5.89.